The normalized spacial score (nSPS) is 12.7. The van der Waals surface area contributed by atoms with Crippen LogP contribution in [0.15, 0.2) is 22.8 Å². The summed E-state index contributed by atoms with van der Waals surface area (Å²) >= 11 is 0. The summed E-state index contributed by atoms with van der Waals surface area (Å²) in [6, 6.07) is 0. The molecular formula is C46H82O6. The Kier molecular flexibility index (Phi) is 33.1. The highest BCUT2D eigenvalue weighted by Gasteiger charge is 2.26. The van der Waals surface area contributed by atoms with Crippen molar-refractivity contribution in [1.29, 1.82) is 0 Å². The van der Waals surface area contributed by atoms with E-state index in [2.05, 4.69) is 20.8 Å². The van der Waals surface area contributed by atoms with Gasteiger partial charge in [-0.3, -0.25) is 9.59 Å². The molecule has 0 amide bonds. The van der Waals surface area contributed by atoms with Gasteiger partial charge in [0.25, 0.3) is 0 Å². The van der Waals surface area contributed by atoms with Gasteiger partial charge in [0.05, 0.1) is 32.7 Å². The average Bonchev–Trinajstić information content (AvgIpc) is 3.53. The number of rotatable bonds is 38. The zero-order valence-electron chi connectivity index (χ0n) is 34.5. The fourth-order valence-corrected chi connectivity index (χ4v) is 7.02. The van der Waals surface area contributed by atoms with Crippen LogP contribution in [0.25, 0.3) is 0 Å². The van der Waals surface area contributed by atoms with Gasteiger partial charge in [0.1, 0.15) is 0 Å². The molecule has 1 rings (SSSR count). The number of carbonyl (C=O) groups is 3. The van der Waals surface area contributed by atoms with Crippen LogP contribution in [0.4, 0.5) is 0 Å². The third-order valence-electron chi connectivity index (χ3n) is 10.4. The van der Waals surface area contributed by atoms with E-state index in [1.54, 1.807) is 6.08 Å². The maximum Gasteiger partial charge on any atom is 0.334 e. The first-order valence-electron chi connectivity index (χ1n) is 22.4. The van der Waals surface area contributed by atoms with Crippen LogP contribution in [0.1, 0.15) is 233 Å². The predicted molar refractivity (Wildman–Crippen MR) is 217 cm³/mol. The number of hydrogen-bond donors (Lipinski definition) is 0. The Morgan fingerprint density at radius 2 is 0.731 bits per heavy atom. The summed E-state index contributed by atoms with van der Waals surface area (Å²) in [5, 5.41) is 0. The maximum absolute atomic E-state index is 13.0. The van der Waals surface area contributed by atoms with Crippen LogP contribution in [0.2, 0.25) is 0 Å². The van der Waals surface area contributed by atoms with Crippen LogP contribution >= 0.6 is 0 Å². The average molecular weight is 731 g/mol. The molecule has 0 heterocycles. The zero-order valence-corrected chi connectivity index (χ0v) is 34.5. The third-order valence-corrected chi connectivity index (χ3v) is 10.4. The lowest BCUT2D eigenvalue weighted by molar-refractivity contribution is -0.144. The topological polar surface area (TPSA) is 78.9 Å². The van der Waals surface area contributed by atoms with Crippen molar-refractivity contribution in [2.24, 2.45) is 0 Å². The van der Waals surface area contributed by atoms with E-state index in [1.807, 2.05) is 0 Å². The summed E-state index contributed by atoms with van der Waals surface area (Å²) in [5.41, 5.74) is 1.99. The Balaban J connectivity index is 2.45. The van der Waals surface area contributed by atoms with Gasteiger partial charge in [0, 0.05) is 12.0 Å². The van der Waals surface area contributed by atoms with E-state index >= 15 is 0 Å². The molecule has 52 heavy (non-hydrogen) atoms. The number of carbonyl (C=O) groups excluding carboxylic acids is 3. The molecule has 0 unspecified atom stereocenters. The van der Waals surface area contributed by atoms with Crippen molar-refractivity contribution >= 4 is 17.9 Å². The molecule has 0 bridgehead atoms. The van der Waals surface area contributed by atoms with Crippen LogP contribution in [-0.2, 0) is 28.6 Å². The lowest BCUT2D eigenvalue weighted by atomic mass is 10.0. The molecule has 0 atom stereocenters. The van der Waals surface area contributed by atoms with E-state index in [4.69, 9.17) is 14.2 Å². The number of hydrogen-bond acceptors (Lipinski definition) is 6. The molecule has 6 heteroatoms. The van der Waals surface area contributed by atoms with Crippen LogP contribution in [0.5, 0.6) is 0 Å². The molecule has 0 aromatic rings. The molecule has 1 aliphatic rings. The SMILES string of the molecule is CCCCCCCCCCCCOC(=O)CC1=C(CC(=O)OCCCCCCCCCCCC)CC(C(=O)OCCCCCCCCCCCC)=C1. The van der Waals surface area contributed by atoms with E-state index in [0.717, 1.165) is 44.1 Å². The van der Waals surface area contributed by atoms with Crippen molar-refractivity contribution in [1.82, 2.24) is 0 Å². The van der Waals surface area contributed by atoms with Gasteiger partial charge in [0.2, 0.25) is 0 Å². The largest absolute Gasteiger partial charge is 0.465 e. The molecule has 0 saturated carbocycles. The van der Waals surface area contributed by atoms with Crippen LogP contribution < -0.4 is 0 Å². The molecule has 0 fully saturated rings. The van der Waals surface area contributed by atoms with E-state index in [0.29, 0.717) is 37.4 Å². The molecule has 0 aliphatic heterocycles. The number of ether oxygens (including phenoxy) is 3. The molecule has 0 saturated heterocycles. The number of allylic oxidation sites excluding steroid dienone is 1. The Morgan fingerprint density at radius 1 is 0.423 bits per heavy atom. The van der Waals surface area contributed by atoms with E-state index < -0.39 is 0 Å². The van der Waals surface area contributed by atoms with Crippen LogP contribution in [-0.4, -0.2) is 37.7 Å². The second kappa shape index (κ2) is 35.9. The first kappa shape index (κ1) is 47.9. The molecule has 0 N–H and O–H groups in total. The van der Waals surface area contributed by atoms with Gasteiger partial charge in [-0.25, -0.2) is 4.79 Å². The summed E-state index contributed by atoms with van der Waals surface area (Å²) in [7, 11) is 0. The summed E-state index contributed by atoms with van der Waals surface area (Å²) in [5.74, 6) is -0.949. The highest BCUT2D eigenvalue weighted by atomic mass is 16.5. The molecule has 1 aliphatic carbocycles. The van der Waals surface area contributed by atoms with Gasteiger partial charge in [0.15, 0.2) is 0 Å². The van der Waals surface area contributed by atoms with Gasteiger partial charge < -0.3 is 14.2 Å². The monoisotopic (exact) mass is 731 g/mol. The molecule has 0 aromatic carbocycles. The second-order valence-electron chi connectivity index (χ2n) is 15.5. The molecule has 0 radical (unpaired) electrons. The fourth-order valence-electron chi connectivity index (χ4n) is 7.02. The van der Waals surface area contributed by atoms with Crippen molar-refractivity contribution in [2.45, 2.75) is 233 Å². The van der Waals surface area contributed by atoms with Crippen molar-refractivity contribution < 1.29 is 28.6 Å². The van der Waals surface area contributed by atoms with E-state index in [-0.39, 0.29) is 30.7 Å². The van der Waals surface area contributed by atoms with E-state index in [1.165, 1.54) is 154 Å². The van der Waals surface area contributed by atoms with Gasteiger partial charge >= 0.3 is 17.9 Å². The quantitative estimate of drug-likeness (QED) is 0.0357. The fraction of sp³-hybridized carbons (Fsp3) is 0.848. The molecule has 0 spiro atoms. The number of unbranched alkanes of at least 4 members (excludes halogenated alkanes) is 27. The lowest BCUT2D eigenvalue weighted by Crippen LogP contribution is -2.10. The minimum absolute atomic E-state index is 0.0635. The molecule has 6 nitrogen and oxygen atoms in total. The Hall–Kier alpha value is -2.11. The van der Waals surface area contributed by atoms with Crippen molar-refractivity contribution in [3.8, 4) is 0 Å². The third kappa shape index (κ3) is 28.4. The summed E-state index contributed by atoms with van der Waals surface area (Å²) < 4.78 is 16.8. The van der Waals surface area contributed by atoms with Gasteiger partial charge in [-0.15, -0.1) is 0 Å². The molecule has 302 valence electrons. The second-order valence-corrected chi connectivity index (χ2v) is 15.5. The lowest BCUT2D eigenvalue weighted by Gasteiger charge is -2.10. The summed E-state index contributed by atoms with van der Waals surface area (Å²) in [4.78, 5) is 38.6. The van der Waals surface area contributed by atoms with Gasteiger partial charge in [-0.2, -0.15) is 0 Å². The first-order chi connectivity index (χ1) is 25.5. The van der Waals surface area contributed by atoms with Crippen molar-refractivity contribution in [3.63, 3.8) is 0 Å². The first-order valence-corrected chi connectivity index (χ1v) is 22.4. The highest BCUT2D eigenvalue weighted by Crippen LogP contribution is 2.31. The van der Waals surface area contributed by atoms with Gasteiger partial charge in [-0.1, -0.05) is 200 Å². The Labute approximate surface area is 321 Å². The standard InChI is InChI=1S/C46H82O6/c1-4-7-10-13-16-19-22-25-28-31-34-50-44(47)39-41-37-43(46(49)52-36-33-30-27-24-21-18-15-12-9-6-3)38-42(41)40-45(48)51-35-32-29-26-23-20-17-14-11-8-5-2/h37H,4-36,38-40H2,1-3H3. The smallest absolute Gasteiger partial charge is 0.334 e. The van der Waals surface area contributed by atoms with Crippen molar-refractivity contribution in [2.75, 3.05) is 19.8 Å². The van der Waals surface area contributed by atoms with Gasteiger partial charge in [-0.05, 0) is 30.9 Å². The molecular weight excluding hydrogens is 648 g/mol. The summed E-state index contributed by atoms with van der Waals surface area (Å²) in [6.07, 6.45) is 39.1. The van der Waals surface area contributed by atoms with E-state index in [9.17, 15) is 14.4 Å². The highest BCUT2D eigenvalue weighted by molar-refractivity contribution is 5.92. The minimum Gasteiger partial charge on any atom is -0.465 e. The zero-order chi connectivity index (χ0) is 37.7. The van der Waals surface area contributed by atoms with Crippen molar-refractivity contribution in [3.05, 3.63) is 22.8 Å². The Bertz CT molecular complexity index is 951. The Morgan fingerprint density at radius 3 is 1.10 bits per heavy atom. The minimum atomic E-state index is -0.346. The predicted octanol–water partition coefficient (Wildman–Crippen LogP) is 13.8. The summed E-state index contributed by atoms with van der Waals surface area (Å²) in [6.45, 7) is 7.98. The van der Waals surface area contributed by atoms with Crippen LogP contribution in [0, 0.1) is 0 Å². The number of esters is 3. The van der Waals surface area contributed by atoms with Crippen LogP contribution in [0.3, 0.4) is 0 Å². The maximum atomic E-state index is 13.0. The molecule has 0 aromatic heterocycles.